The van der Waals surface area contributed by atoms with Gasteiger partial charge in [0.2, 0.25) is 0 Å². The van der Waals surface area contributed by atoms with Gasteiger partial charge in [0.15, 0.2) is 17.2 Å². The molecule has 2 aromatic carbocycles. The fourth-order valence-corrected chi connectivity index (χ4v) is 3.37. The summed E-state index contributed by atoms with van der Waals surface area (Å²) >= 11 is 0. The normalized spacial score (nSPS) is 12.0. The predicted molar refractivity (Wildman–Crippen MR) is 108 cm³/mol. The van der Waals surface area contributed by atoms with Crippen LogP contribution in [0.2, 0.25) is 0 Å². The molecule has 3 N–H and O–H groups in total. The van der Waals surface area contributed by atoms with E-state index >= 15 is 0 Å². The Hall–Kier alpha value is -4.21. The molecule has 9 nitrogen and oxygen atoms in total. The summed E-state index contributed by atoms with van der Waals surface area (Å²) in [5.74, 6) is -0.591. The molecule has 0 spiro atoms. The summed E-state index contributed by atoms with van der Waals surface area (Å²) in [6, 6.07) is 9.30. The maximum absolute atomic E-state index is 14.4. The number of rotatable bonds is 6. The standard InChI is InChI=1S/C21H18FN5O4/c1-30-11-7-8-15(31-2)13(9-11)19-25-16-18(23)24-10-27(20(16)26-19)17(21(28)29)12-5-3-4-6-14(12)22/h3-10,17,23H,1-2H3,(H,25,26)(H,28,29). The fourth-order valence-electron chi connectivity index (χ4n) is 3.37. The second-order valence-corrected chi connectivity index (χ2v) is 6.61. The molecule has 158 valence electrons. The Labute approximate surface area is 175 Å². The van der Waals surface area contributed by atoms with Crippen LogP contribution in [0, 0.1) is 11.2 Å². The third kappa shape index (κ3) is 3.48. The first-order valence-corrected chi connectivity index (χ1v) is 9.15. The largest absolute Gasteiger partial charge is 0.497 e. The number of fused-ring (bicyclic) bond motifs is 1. The van der Waals surface area contributed by atoms with Crippen molar-refractivity contribution in [3.8, 4) is 22.9 Å². The van der Waals surface area contributed by atoms with Crippen molar-refractivity contribution in [2.24, 2.45) is 0 Å². The number of benzene rings is 2. The highest BCUT2D eigenvalue weighted by Gasteiger charge is 2.27. The van der Waals surface area contributed by atoms with Crippen LogP contribution in [0.25, 0.3) is 22.6 Å². The SMILES string of the molecule is COc1ccc(OC)c(-c2nc3c([nH]2)c(=N)ncn3C(C(=O)O)c2ccccc2F)c1. The summed E-state index contributed by atoms with van der Waals surface area (Å²) in [5, 5.41) is 18.0. The molecule has 0 aliphatic carbocycles. The van der Waals surface area contributed by atoms with Crippen LogP contribution >= 0.6 is 0 Å². The number of carboxylic acids is 1. The van der Waals surface area contributed by atoms with Gasteiger partial charge in [-0.05, 0) is 24.3 Å². The quantitative estimate of drug-likeness (QED) is 0.438. The lowest BCUT2D eigenvalue weighted by Gasteiger charge is -2.17. The molecule has 0 aliphatic heterocycles. The van der Waals surface area contributed by atoms with Crippen LogP contribution in [0.3, 0.4) is 0 Å². The third-order valence-electron chi connectivity index (χ3n) is 4.85. The smallest absolute Gasteiger partial charge is 0.331 e. The highest BCUT2D eigenvalue weighted by atomic mass is 19.1. The molecule has 2 aromatic heterocycles. The van der Waals surface area contributed by atoms with E-state index in [0.717, 1.165) is 0 Å². The lowest BCUT2D eigenvalue weighted by Crippen LogP contribution is -2.24. The van der Waals surface area contributed by atoms with Gasteiger partial charge in [-0.25, -0.2) is 19.2 Å². The van der Waals surface area contributed by atoms with E-state index in [4.69, 9.17) is 14.9 Å². The summed E-state index contributed by atoms with van der Waals surface area (Å²) in [7, 11) is 3.03. The van der Waals surface area contributed by atoms with E-state index in [1.807, 2.05) is 0 Å². The number of hydrogen-bond acceptors (Lipinski definition) is 6. The number of aromatic amines is 1. The first-order valence-electron chi connectivity index (χ1n) is 9.15. The van der Waals surface area contributed by atoms with E-state index < -0.39 is 17.8 Å². The summed E-state index contributed by atoms with van der Waals surface area (Å²) in [4.78, 5) is 23.6. The minimum Gasteiger partial charge on any atom is -0.497 e. The average molecular weight is 423 g/mol. The van der Waals surface area contributed by atoms with Gasteiger partial charge in [0, 0.05) is 5.56 Å². The molecule has 0 saturated heterocycles. The number of halogens is 1. The van der Waals surface area contributed by atoms with Gasteiger partial charge in [-0.15, -0.1) is 0 Å². The number of hydrogen-bond donors (Lipinski definition) is 3. The van der Waals surface area contributed by atoms with Crippen LogP contribution in [0.15, 0.2) is 48.8 Å². The van der Waals surface area contributed by atoms with Crippen molar-refractivity contribution in [1.82, 2.24) is 19.5 Å². The minimum absolute atomic E-state index is 0.0515. The van der Waals surface area contributed by atoms with Gasteiger partial charge in [-0.3, -0.25) is 9.98 Å². The Morgan fingerprint density at radius 2 is 2.00 bits per heavy atom. The summed E-state index contributed by atoms with van der Waals surface area (Å²) in [6.45, 7) is 0. The van der Waals surface area contributed by atoms with E-state index in [-0.39, 0.29) is 22.2 Å². The molecule has 4 rings (SSSR count). The molecular formula is C21H18FN5O4. The Bertz CT molecular complexity index is 1350. The van der Waals surface area contributed by atoms with Gasteiger partial charge in [0.1, 0.15) is 28.7 Å². The van der Waals surface area contributed by atoms with E-state index in [1.54, 1.807) is 24.3 Å². The summed E-state index contributed by atoms with van der Waals surface area (Å²) in [5.41, 5.74) is 0.691. The van der Waals surface area contributed by atoms with Gasteiger partial charge >= 0.3 is 5.97 Å². The van der Waals surface area contributed by atoms with Crippen molar-refractivity contribution >= 4 is 17.1 Å². The molecule has 1 unspecified atom stereocenters. The average Bonchev–Trinajstić information content (AvgIpc) is 3.22. The zero-order chi connectivity index (χ0) is 22.1. The predicted octanol–water partition coefficient (Wildman–Crippen LogP) is 2.74. The molecular weight excluding hydrogens is 405 g/mol. The van der Waals surface area contributed by atoms with Crippen LogP contribution in [0.1, 0.15) is 11.6 Å². The topological polar surface area (TPSA) is 126 Å². The molecule has 4 aromatic rings. The number of nitrogens with zero attached hydrogens (tertiary/aromatic N) is 3. The summed E-state index contributed by atoms with van der Waals surface area (Å²) in [6.07, 6.45) is 1.17. The number of aliphatic carboxylic acids is 1. The number of aromatic nitrogens is 4. The molecule has 0 aliphatic rings. The summed E-state index contributed by atoms with van der Waals surface area (Å²) < 4.78 is 26.3. The van der Waals surface area contributed by atoms with E-state index in [2.05, 4.69) is 15.0 Å². The maximum Gasteiger partial charge on any atom is 0.331 e. The lowest BCUT2D eigenvalue weighted by molar-refractivity contribution is -0.139. The second kappa shape index (κ2) is 7.90. The van der Waals surface area contributed by atoms with Gasteiger partial charge in [0.05, 0.1) is 26.1 Å². The number of H-pyrrole nitrogens is 1. The van der Waals surface area contributed by atoms with Gasteiger partial charge < -0.3 is 19.6 Å². The molecule has 0 saturated carbocycles. The highest BCUT2D eigenvalue weighted by Crippen LogP contribution is 2.33. The number of imidazole rings is 1. The number of ether oxygens (including phenoxy) is 2. The molecule has 0 bridgehead atoms. The molecule has 10 heteroatoms. The van der Waals surface area contributed by atoms with Gasteiger partial charge in [-0.1, -0.05) is 18.2 Å². The van der Waals surface area contributed by atoms with Crippen molar-refractivity contribution in [2.75, 3.05) is 14.2 Å². The van der Waals surface area contributed by atoms with Crippen LogP contribution in [0.4, 0.5) is 4.39 Å². The first kappa shape index (κ1) is 20.1. The Morgan fingerprint density at radius 1 is 1.23 bits per heavy atom. The highest BCUT2D eigenvalue weighted by molar-refractivity contribution is 5.82. The van der Waals surface area contributed by atoms with Crippen LogP contribution in [0.5, 0.6) is 11.5 Å². The molecule has 0 amide bonds. The lowest BCUT2D eigenvalue weighted by atomic mass is 10.1. The number of nitrogens with one attached hydrogen (secondary N) is 2. The molecule has 31 heavy (non-hydrogen) atoms. The molecule has 1 atom stereocenters. The Morgan fingerprint density at radius 3 is 2.68 bits per heavy atom. The van der Waals surface area contributed by atoms with Crippen molar-refractivity contribution < 1.29 is 23.8 Å². The Kier molecular flexibility index (Phi) is 5.12. The fraction of sp³-hybridized carbons (Fsp3) is 0.143. The Balaban J connectivity index is 1.97. The van der Waals surface area contributed by atoms with E-state index in [1.165, 1.54) is 43.3 Å². The third-order valence-corrected chi connectivity index (χ3v) is 4.85. The van der Waals surface area contributed by atoms with Crippen molar-refractivity contribution in [1.29, 1.82) is 5.41 Å². The van der Waals surface area contributed by atoms with Gasteiger partial charge in [0.25, 0.3) is 0 Å². The van der Waals surface area contributed by atoms with Crippen molar-refractivity contribution in [3.05, 3.63) is 65.7 Å². The van der Waals surface area contributed by atoms with Crippen LogP contribution in [-0.4, -0.2) is 44.8 Å². The molecule has 2 heterocycles. The van der Waals surface area contributed by atoms with E-state index in [0.29, 0.717) is 22.9 Å². The van der Waals surface area contributed by atoms with E-state index in [9.17, 15) is 14.3 Å². The maximum atomic E-state index is 14.4. The molecule has 0 fully saturated rings. The van der Waals surface area contributed by atoms with Crippen LogP contribution in [-0.2, 0) is 4.79 Å². The minimum atomic E-state index is -1.43. The number of carboxylic acid groups (broad SMARTS) is 1. The zero-order valence-electron chi connectivity index (χ0n) is 16.6. The first-order chi connectivity index (χ1) is 14.9. The van der Waals surface area contributed by atoms with Gasteiger partial charge in [-0.2, -0.15) is 0 Å². The second-order valence-electron chi connectivity index (χ2n) is 6.61. The number of methoxy groups -OCH3 is 2. The van der Waals surface area contributed by atoms with Crippen molar-refractivity contribution in [2.45, 2.75) is 6.04 Å². The van der Waals surface area contributed by atoms with Crippen LogP contribution < -0.4 is 15.0 Å². The zero-order valence-corrected chi connectivity index (χ0v) is 16.6. The number of carbonyl (C=O) groups is 1. The molecule has 0 radical (unpaired) electrons. The monoisotopic (exact) mass is 423 g/mol. The van der Waals surface area contributed by atoms with Crippen molar-refractivity contribution in [3.63, 3.8) is 0 Å².